The summed E-state index contributed by atoms with van der Waals surface area (Å²) in [6.45, 7) is 5.16. The smallest absolute Gasteiger partial charge is 0.119 e. The van der Waals surface area contributed by atoms with E-state index < -0.39 is 0 Å². The normalized spacial score (nSPS) is 20.8. The molecule has 1 aliphatic rings. The van der Waals surface area contributed by atoms with Crippen LogP contribution in [0.15, 0.2) is 48.5 Å². The minimum absolute atomic E-state index is 0.552. The Labute approximate surface area is 154 Å². The Morgan fingerprint density at radius 2 is 1.54 bits per heavy atom. The number of benzene rings is 2. The molecule has 0 unspecified atom stereocenters. The van der Waals surface area contributed by atoms with Crippen molar-refractivity contribution >= 4 is 23.5 Å². The van der Waals surface area contributed by atoms with Gasteiger partial charge in [-0.15, -0.1) is 23.5 Å². The molecule has 24 heavy (non-hydrogen) atoms. The molecular formula is C21H26OS2. The van der Waals surface area contributed by atoms with E-state index in [9.17, 15) is 0 Å². The van der Waals surface area contributed by atoms with Crippen LogP contribution in [-0.4, -0.2) is 18.1 Å². The molecule has 1 heterocycles. The SMILES string of the molecule is CCCCOc1ccc(C2SCC(c3ccc(C)cc3)CS2)cc1. The average Bonchev–Trinajstić information content (AvgIpc) is 2.63. The summed E-state index contributed by atoms with van der Waals surface area (Å²) in [6, 6.07) is 17.8. The van der Waals surface area contributed by atoms with Gasteiger partial charge in [-0.25, -0.2) is 0 Å². The summed E-state index contributed by atoms with van der Waals surface area (Å²) < 4.78 is 6.31. The molecule has 0 amide bonds. The van der Waals surface area contributed by atoms with Crippen molar-refractivity contribution < 1.29 is 4.74 Å². The highest BCUT2D eigenvalue weighted by molar-refractivity contribution is 8.17. The molecule has 3 rings (SSSR count). The van der Waals surface area contributed by atoms with Crippen molar-refractivity contribution in [2.75, 3.05) is 18.1 Å². The maximum Gasteiger partial charge on any atom is 0.119 e. The first-order chi connectivity index (χ1) is 11.8. The van der Waals surface area contributed by atoms with Crippen LogP contribution in [0.2, 0.25) is 0 Å². The average molecular weight is 359 g/mol. The third-order valence-corrected chi connectivity index (χ3v) is 7.52. The Morgan fingerprint density at radius 1 is 0.917 bits per heavy atom. The van der Waals surface area contributed by atoms with E-state index in [1.807, 2.05) is 0 Å². The molecule has 2 aromatic carbocycles. The minimum atomic E-state index is 0.552. The Kier molecular flexibility index (Phi) is 6.56. The summed E-state index contributed by atoms with van der Waals surface area (Å²) in [5.41, 5.74) is 4.24. The van der Waals surface area contributed by atoms with Crippen LogP contribution in [0, 0.1) is 6.92 Å². The molecule has 0 N–H and O–H groups in total. The molecule has 128 valence electrons. The van der Waals surface area contributed by atoms with Crippen molar-refractivity contribution in [1.29, 1.82) is 0 Å². The summed E-state index contributed by atoms with van der Waals surface area (Å²) in [4.78, 5) is 0. The summed E-state index contributed by atoms with van der Waals surface area (Å²) >= 11 is 4.15. The fourth-order valence-electron chi connectivity index (χ4n) is 2.78. The van der Waals surface area contributed by atoms with Crippen molar-refractivity contribution in [3.63, 3.8) is 0 Å². The third kappa shape index (κ3) is 4.73. The quantitative estimate of drug-likeness (QED) is 0.550. The first kappa shape index (κ1) is 17.8. The van der Waals surface area contributed by atoms with Crippen LogP contribution in [0.3, 0.4) is 0 Å². The first-order valence-corrected chi connectivity index (χ1v) is 10.9. The Bertz CT molecular complexity index is 613. The summed E-state index contributed by atoms with van der Waals surface area (Å²) in [7, 11) is 0. The molecule has 1 nitrogen and oxygen atoms in total. The Morgan fingerprint density at radius 3 is 2.17 bits per heavy atom. The Hall–Kier alpha value is -1.06. The van der Waals surface area contributed by atoms with E-state index in [2.05, 4.69) is 85.9 Å². The molecule has 0 spiro atoms. The number of rotatable bonds is 6. The highest BCUT2D eigenvalue weighted by Crippen LogP contribution is 2.48. The van der Waals surface area contributed by atoms with E-state index in [1.54, 1.807) is 0 Å². The van der Waals surface area contributed by atoms with Crippen molar-refractivity contribution in [3.8, 4) is 5.75 Å². The van der Waals surface area contributed by atoms with Gasteiger partial charge in [0.25, 0.3) is 0 Å². The molecule has 2 aromatic rings. The minimum Gasteiger partial charge on any atom is -0.494 e. The molecule has 0 atom stereocenters. The second-order valence-corrected chi connectivity index (χ2v) is 8.95. The van der Waals surface area contributed by atoms with E-state index in [-0.39, 0.29) is 0 Å². The highest BCUT2D eigenvalue weighted by Gasteiger charge is 2.24. The van der Waals surface area contributed by atoms with Gasteiger partial charge in [0.1, 0.15) is 5.75 Å². The number of unbranched alkanes of at least 4 members (excludes halogenated alkanes) is 1. The predicted molar refractivity (Wildman–Crippen MR) is 108 cm³/mol. The molecule has 1 fully saturated rings. The molecular weight excluding hydrogens is 332 g/mol. The lowest BCUT2D eigenvalue weighted by Gasteiger charge is -2.28. The lowest BCUT2D eigenvalue weighted by atomic mass is 10.0. The second kappa shape index (κ2) is 8.87. The van der Waals surface area contributed by atoms with Gasteiger partial charge in [-0.1, -0.05) is 55.3 Å². The van der Waals surface area contributed by atoms with Crippen LogP contribution >= 0.6 is 23.5 Å². The van der Waals surface area contributed by atoms with Crippen molar-refractivity contribution in [2.24, 2.45) is 0 Å². The molecule has 1 aliphatic heterocycles. The lowest BCUT2D eigenvalue weighted by Crippen LogP contribution is -2.12. The van der Waals surface area contributed by atoms with Gasteiger partial charge in [0, 0.05) is 17.4 Å². The van der Waals surface area contributed by atoms with Gasteiger partial charge >= 0.3 is 0 Å². The zero-order valence-electron chi connectivity index (χ0n) is 14.5. The molecule has 0 radical (unpaired) electrons. The number of aryl methyl sites for hydroxylation is 1. The maximum absolute atomic E-state index is 5.76. The van der Waals surface area contributed by atoms with Gasteiger partial charge < -0.3 is 4.74 Å². The molecule has 1 saturated heterocycles. The van der Waals surface area contributed by atoms with Crippen molar-refractivity contribution in [3.05, 3.63) is 65.2 Å². The van der Waals surface area contributed by atoms with E-state index in [0.717, 1.165) is 18.8 Å². The van der Waals surface area contributed by atoms with E-state index in [1.165, 1.54) is 34.6 Å². The van der Waals surface area contributed by atoms with Gasteiger partial charge in [0.15, 0.2) is 0 Å². The molecule has 0 saturated carbocycles. The van der Waals surface area contributed by atoms with E-state index in [0.29, 0.717) is 10.5 Å². The topological polar surface area (TPSA) is 9.23 Å². The largest absolute Gasteiger partial charge is 0.494 e. The van der Waals surface area contributed by atoms with Crippen LogP contribution < -0.4 is 4.74 Å². The van der Waals surface area contributed by atoms with Crippen molar-refractivity contribution in [1.82, 2.24) is 0 Å². The maximum atomic E-state index is 5.76. The Balaban J connectivity index is 1.53. The molecule has 3 heteroatoms. The first-order valence-electron chi connectivity index (χ1n) is 8.79. The summed E-state index contributed by atoms with van der Waals surface area (Å²) in [6.07, 6.45) is 2.30. The lowest BCUT2D eigenvalue weighted by molar-refractivity contribution is 0.309. The van der Waals surface area contributed by atoms with Gasteiger partial charge in [0.05, 0.1) is 11.2 Å². The van der Waals surface area contributed by atoms with Gasteiger partial charge in [0.2, 0.25) is 0 Å². The van der Waals surface area contributed by atoms with Crippen LogP contribution in [0.25, 0.3) is 0 Å². The fourth-order valence-corrected chi connectivity index (χ4v) is 5.92. The third-order valence-electron chi connectivity index (χ3n) is 4.37. The number of hydrogen-bond donors (Lipinski definition) is 0. The van der Waals surface area contributed by atoms with Crippen LogP contribution in [-0.2, 0) is 0 Å². The van der Waals surface area contributed by atoms with Gasteiger partial charge in [-0.2, -0.15) is 0 Å². The molecule has 0 bridgehead atoms. The standard InChI is InChI=1S/C21H26OS2/c1-3-4-13-22-20-11-9-18(10-12-20)21-23-14-19(15-24-21)17-7-5-16(2)6-8-17/h5-12,19,21H,3-4,13-15H2,1-2H3. The van der Waals surface area contributed by atoms with Gasteiger partial charge in [-0.3, -0.25) is 0 Å². The summed E-state index contributed by atoms with van der Waals surface area (Å²) in [5.74, 6) is 4.08. The highest BCUT2D eigenvalue weighted by atomic mass is 32.2. The fraction of sp³-hybridized carbons (Fsp3) is 0.429. The molecule has 0 aliphatic carbocycles. The number of ether oxygens (including phenoxy) is 1. The molecule has 0 aromatic heterocycles. The second-order valence-electron chi connectivity index (χ2n) is 6.38. The zero-order valence-corrected chi connectivity index (χ0v) is 16.2. The van der Waals surface area contributed by atoms with Crippen molar-refractivity contribution in [2.45, 2.75) is 37.2 Å². The van der Waals surface area contributed by atoms with E-state index >= 15 is 0 Å². The van der Waals surface area contributed by atoms with Gasteiger partial charge in [-0.05, 0) is 36.6 Å². The van der Waals surface area contributed by atoms with Crippen LogP contribution in [0.1, 0.15) is 47.0 Å². The predicted octanol–water partition coefficient (Wildman–Crippen LogP) is 6.44. The van der Waals surface area contributed by atoms with E-state index in [4.69, 9.17) is 4.74 Å². The number of thioether (sulfide) groups is 2. The van der Waals surface area contributed by atoms with Crippen LogP contribution in [0.5, 0.6) is 5.75 Å². The number of hydrogen-bond acceptors (Lipinski definition) is 3. The zero-order chi connectivity index (χ0) is 16.8. The van der Waals surface area contributed by atoms with Crippen LogP contribution in [0.4, 0.5) is 0 Å². The summed E-state index contributed by atoms with van der Waals surface area (Å²) in [5, 5.41) is 0. The monoisotopic (exact) mass is 358 g/mol.